The molecule has 1 amide bonds. The van der Waals surface area contributed by atoms with Crippen molar-refractivity contribution < 1.29 is 17.9 Å². The molecule has 0 radical (unpaired) electrons. The van der Waals surface area contributed by atoms with Crippen molar-refractivity contribution in [3.05, 3.63) is 89.1 Å². The molecule has 0 unspecified atom stereocenters. The van der Waals surface area contributed by atoms with Crippen molar-refractivity contribution >= 4 is 39.8 Å². The second kappa shape index (κ2) is 12.4. The molecule has 2 saturated heterocycles. The Morgan fingerprint density at radius 3 is 2.36 bits per heavy atom. The molecule has 39 heavy (non-hydrogen) atoms. The van der Waals surface area contributed by atoms with Crippen molar-refractivity contribution in [2.24, 2.45) is 0 Å². The van der Waals surface area contributed by atoms with Crippen LogP contribution >= 0.6 is 12.4 Å². The van der Waals surface area contributed by atoms with Crippen molar-refractivity contribution in [2.45, 2.75) is 32.9 Å². The van der Waals surface area contributed by atoms with Gasteiger partial charge >= 0.3 is 0 Å². The van der Waals surface area contributed by atoms with Crippen molar-refractivity contribution in [3.63, 3.8) is 0 Å². The van der Waals surface area contributed by atoms with E-state index in [1.807, 2.05) is 48.4 Å². The number of benzene rings is 2. The zero-order chi connectivity index (χ0) is 26.7. The van der Waals surface area contributed by atoms with Gasteiger partial charge in [0.05, 0.1) is 30.7 Å². The molecule has 1 atom stereocenters. The maximum Gasteiger partial charge on any atom is 0.253 e. The quantitative estimate of drug-likeness (QED) is 0.423. The lowest BCUT2D eigenvalue weighted by atomic mass is 10.1. The number of carbonyl (C=O) groups is 1. The van der Waals surface area contributed by atoms with Gasteiger partial charge in [-0.2, -0.15) is 0 Å². The number of pyridine rings is 1. The number of aromatic nitrogens is 1. The summed E-state index contributed by atoms with van der Waals surface area (Å²) in [5.74, 6) is 1.02. The number of hydrogen-bond donors (Lipinski definition) is 0. The number of amides is 1. The number of aryl methyl sites for hydroxylation is 2. The first-order valence-corrected chi connectivity index (χ1v) is 14.6. The first kappa shape index (κ1) is 28.9. The molecule has 208 valence electrons. The van der Waals surface area contributed by atoms with E-state index in [4.69, 9.17) is 4.74 Å². The standard InChI is InChI=1S/C29H34N4O4S.ClH/c1-22-18-23(2)28(30-19-22)31-13-15-32(16-14-31)29(34)25-8-10-26(11-9-25)33-27(12-17-38(33,35)36)21-37-20-24-6-4-3-5-7-24;/h3-11,18-19,27H,12-17,20-21H2,1-2H3;1H/t27-;/m0./s1. The number of hydrogen-bond acceptors (Lipinski definition) is 6. The predicted octanol–water partition coefficient (Wildman–Crippen LogP) is 4.21. The van der Waals surface area contributed by atoms with Crippen molar-refractivity contribution in [3.8, 4) is 0 Å². The number of rotatable bonds is 7. The molecule has 0 bridgehead atoms. The van der Waals surface area contributed by atoms with Gasteiger partial charge in [0.2, 0.25) is 10.0 Å². The van der Waals surface area contributed by atoms with Crippen LogP contribution in [0.5, 0.6) is 0 Å². The lowest BCUT2D eigenvalue weighted by molar-refractivity contribution is 0.0746. The van der Waals surface area contributed by atoms with E-state index in [9.17, 15) is 13.2 Å². The molecule has 8 nitrogen and oxygen atoms in total. The Morgan fingerprint density at radius 2 is 1.69 bits per heavy atom. The second-order valence-corrected chi connectivity index (χ2v) is 12.0. The summed E-state index contributed by atoms with van der Waals surface area (Å²) in [4.78, 5) is 21.9. The van der Waals surface area contributed by atoms with Crippen LogP contribution in [0.2, 0.25) is 0 Å². The highest BCUT2D eigenvalue weighted by Crippen LogP contribution is 2.30. The Kier molecular flexibility index (Phi) is 9.15. The van der Waals surface area contributed by atoms with Gasteiger partial charge < -0.3 is 14.5 Å². The number of carbonyl (C=O) groups excluding carboxylic acids is 1. The molecule has 3 aromatic rings. The van der Waals surface area contributed by atoms with Gasteiger partial charge in [0.15, 0.2) is 0 Å². The lowest BCUT2D eigenvalue weighted by Gasteiger charge is -2.36. The van der Waals surface area contributed by atoms with Gasteiger partial charge in [-0.1, -0.05) is 36.4 Å². The van der Waals surface area contributed by atoms with Gasteiger partial charge in [-0.3, -0.25) is 9.10 Å². The van der Waals surface area contributed by atoms with Gasteiger partial charge in [-0.05, 0) is 61.2 Å². The summed E-state index contributed by atoms with van der Waals surface area (Å²) in [5, 5.41) is 0. The molecule has 2 fully saturated rings. The van der Waals surface area contributed by atoms with Gasteiger partial charge in [0, 0.05) is 37.9 Å². The van der Waals surface area contributed by atoms with E-state index in [2.05, 4.69) is 22.9 Å². The number of nitrogens with zero attached hydrogens (tertiary/aromatic N) is 4. The third-order valence-electron chi connectivity index (χ3n) is 7.18. The smallest absolute Gasteiger partial charge is 0.253 e. The Hall–Kier alpha value is -3.14. The Bertz CT molecular complexity index is 1380. The highest BCUT2D eigenvalue weighted by Gasteiger charge is 2.37. The third-order valence-corrected chi connectivity index (χ3v) is 9.04. The van der Waals surface area contributed by atoms with E-state index < -0.39 is 10.0 Å². The molecule has 10 heteroatoms. The first-order chi connectivity index (χ1) is 18.3. The molecule has 0 N–H and O–H groups in total. The molecule has 2 aromatic carbocycles. The number of piperazine rings is 1. The van der Waals surface area contributed by atoms with E-state index in [0.717, 1.165) is 35.6 Å². The molecule has 0 aliphatic carbocycles. The maximum absolute atomic E-state index is 13.2. The fourth-order valence-electron chi connectivity index (χ4n) is 5.23. The fraction of sp³-hybridized carbons (Fsp3) is 0.379. The average molecular weight is 571 g/mol. The molecular formula is C29H35ClN4O4S. The minimum absolute atomic E-state index is 0. The predicted molar refractivity (Wildman–Crippen MR) is 156 cm³/mol. The first-order valence-electron chi connectivity index (χ1n) is 13.0. The molecule has 0 saturated carbocycles. The monoisotopic (exact) mass is 570 g/mol. The molecule has 5 rings (SSSR count). The van der Waals surface area contributed by atoms with E-state index >= 15 is 0 Å². The number of ether oxygens (including phenoxy) is 1. The molecule has 0 spiro atoms. The van der Waals surface area contributed by atoms with Crippen LogP contribution in [0.15, 0.2) is 66.9 Å². The summed E-state index contributed by atoms with van der Waals surface area (Å²) in [6, 6.07) is 18.6. The van der Waals surface area contributed by atoms with Crippen molar-refractivity contribution in [1.82, 2.24) is 9.88 Å². The summed E-state index contributed by atoms with van der Waals surface area (Å²) < 4.78 is 33.0. The minimum Gasteiger partial charge on any atom is -0.375 e. The zero-order valence-electron chi connectivity index (χ0n) is 22.3. The zero-order valence-corrected chi connectivity index (χ0v) is 24.0. The van der Waals surface area contributed by atoms with E-state index in [0.29, 0.717) is 44.0 Å². The van der Waals surface area contributed by atoms with Crippen LogP contribution in [0, 0.1) is 13.8 Å². The SMILES string of the molecule is Cc1cnc(N2CCN(C(=O)c3ccc(N4[C@H](COCc5ccccc5)CCS4(=O)=O)cc3)CC2)c(C)c1.Cl. The third kappa shape index (κ3) is 6.54. The van der Waals surface area contributed by atoms with Crippen LogP contribution < -0.4 is 9.21 Å². The van der Waals surface area contributed by atoms with Crippen molar-refractivity contribution in [1.29, 1.82) is 0 Å². The molecule has 2 aliphatic heterocycles. The van der Waals surface area contributed by atoms with E-state index in [1.165, 1.54) is 4.31 Å². The van der Waals surface area contributed by atoms with Crippen LogP contribution in [-0.4, -0.2) is 68.8 Å². The number of halogens is 1. The highest BCUT2D eigenvalue weighted by atomic mass is 35.5. The summed E-state index contributed by atoms with van der Waals surface area (Å²) in [7, 11) is -3.43. The van der Waals surface area contributed by atoms with Crippen LogP contribution in [0.25, 0.3) is 0 Å². The van der Waals surface area contributed by atoms with Crippen LogP contribution in [0.1, 0.15) is 33.5 Å². The summed E-state index contributed by atoms with van der Waals surface area (Å²) >= 11 is 0. The van der Waals surface area contributed by atoms with Gasteiger partial charge in [0.1, 0.15) is 5.82 Å². The number of anilines is 2. The van der Waals surface area contributed by atoms with E-state index in [-0.39, 0.29) is 30.1 Å². The van der Waals surface area contributed by atoms with E-state index in [1.54, 1.807) is 24.3 Å². The van der Waals surface area contributed by atoms with Crippen LogP contribution in [-0.2, 0) is 21.4 Å². The highest BCUT2D eigenvalue weighted by molar-refractivity contribution is 7.93. The van der Waals surface area contributed by atoms with Crippen LogP contribution in [0.4, 0.5) is 11.5 Å². The largest absolute Gasteiger partial charge is 0.375 e. The second-order valence-electron chi connectivity index (χ2n) is 10.0. The fourth-order valence-corrected chi connectivity index (χ4v) is 7.06. The van der Waals surface area contributed by atoms with Gasteiger partial charge in [0.25, 0.3) is 5.91 Å². The Morgan fingerprint density at radius 1 is 1.00 bits per heavy atom. The number of sulfonamides is 1. The topological polar surface area (TPSA) is 83.1 Å². The summed E-state index contributed by atoms with van der Waals surface area (Å²) in [5.41, 5.74) is 4.45. The van der Waals surface area contributed by atoms with Gasteiger partial charge in [-0.15, -0.1) is 12.4 Å². The summed E-state index contributed by atoms with van der Waals surface area (Å²) in [6.45, 7) is 7.50. The lowest BCUT2D eigenvalue weighted by Crippen LogP contribution is -2.49. The molecule has 2 aliphatic rings. The average Bonchev–Trinajstić information content (AvgIpc) is 3.23. The maximum atomic E-state index is 13.2. The Balaban J connectivity index is 0.00000353. The molecule has 1 aromatic heterocycles. The normalized spacial score (nSPS) is 18.6. The van der Waals surface area contributed by atoms with Crippen LogP contribution in [0.3, 0.4) is 0 Å². The Labute approximate surface area is 237 Å². The molecule has 3 heterocycles. The minimum atomic E-state index is -3.43. The summed E-state index contributed by atoms with van der Waals surface area (Å²) in [6.07, 6.45) is 2.39. The van der Waals surface area contributed by atoms with Crippen molar-refractivity contribution in [2.75, 3.05) is 47.7 Å². The van der Waals surface area contributed by atoms with Gasteiger partial charge in [-0.25, -0.2) is 13.4 Å². The molecular weight excluding hydrogens is 536 g/mol.